The van der Waals surface area contributed by atoms with Crippen molar-refractivity contribution < 1.29 is 17.5 Å². The summed E-state index contributed by atoms with van der Waals surface area (Å²) in [5, 5.41) is 20.4. The van der Waals surface area contributed by atoms with E-state index in [9.17, 15) is 8.42 Å². The van der Waals surface area contributed by atoms with Crippen LogP contribution in [0, 0.1) is 12.7 Å². The van der Waals surface area contributed by atoms with Crippen molar-refractivity contribution in [2.24, 2.45) is 12.0 Å². The predicted molar refractivity (Wildman–Crippen MR) is 132 cm³/mol. The summed E-state index contributed by atoms with van der Waals surface area (Å²) >= 11 is 0. The zero-order valence-corrected chi connectivity index (χ0v) is 21.1. The summed E-state index contributed by atoms with van der Waals surface area (Å²) in [6.07, 6.45) is 4.62. The van der Waals surface area contributed by atoms with Crippen LogP contribution in [0.1, 0.15) is 29.7 Å². The second-order valence-corrected chi connectivity index (χ2v) is 11.0. The second kappa shape index (κ2) is 8.75. The molecular weight excluding hydrogens is 487 g/mol. The monoisotopic (exact) mass is 514 g/mol. The van der Waals surface area contributed by atoms with E-state index in [2.05, 4.69) is 31.2 Å². The lowest BCUT2D eigenvalue weighted by molar-refractivity contribution is 0.281. The fourth-order valence-corrected chi connectivity index (χ4v) is 5.83. The third kappa shape index (κ3) is 4.13. The number of ether oxygens (including phenoxy) is 1. The Labute approximate surface area is 207 Å². The van der Waals surface area contributed by atoms with Gasteiger partial charge in [0.1, 0.15) is 5.82 Å². The van der Waals surface area contributed by atoms with Gasteiger partial charge >= 0.3 is 0 Å². The molecule has 0 bridgehead atoms. The third-order valence-corrected chi connectivity index (χ3v) is 8.42. The Morgan fingerprint density at radius 2 is 2.06 bits per heavy atom. The van der Waals surface area contributed by atoms with Crippen LogP contribution in [0.5, 0.6) is 0 Å². The molecule has 1 atom stereocenters. The Hall–Kier alpha value is -3.71. The molecule has 1 unspecified atom stereocenters. The molecule has 0 radical (unpaired) electrons. The van der Waals surface area contributed by atoms with Crippen LogP contribution in [-0.2, 0) is 27.4 Å². The number of sulfone groups is 1. The number of aromatic amines is 1. The second-order valence-electron chi connectivity index (χ2n) is 8.80. The van der Waals surface area contributed by atoms with E-state index >= 15 is 4.39 Å². The molecule has 36 heavy (non-hydrogen) atoms. The lowest BCUT2D eigenvalue weighted by Crippen LogP contribution is -2.54. The highest BCUT2D eigenvalue weighted by atomic mass is 32.2. The molecule has 3 aromatic rings. The van der Waals surface area contributed by atoms with Gasteiger partial charge in [-0.05, 0) is 45.0 Å². The van der Waals surface area contributed by atoms with Crippen LogP contribution in [0.2, 0.25) is 0 Å². The van der Waals surface area contributed by atoms with Crippen LogP contribution in [0.25, 0.3) is 5.70 Å². The standard InChI is InChI=1S/C23H27FN8O3S/c1-13-9-19(31-30-13)27-22-21(35-4)20(14-11-26-32(3)12-14)28-23(25-2,29-22)17-8-7-16(10-18(17)24)36(33,34)15-5-6-15/h7-12,15,25,28H,5-6H2,1-4H3,(H2,27,29,30,31). The molecule has 190 valence electrons. The summed E-state index contributed by atoms with van der Waals surface area (Å²) < 4.78 is 48.3. The molecule has 2 aromatic heterocycles. The van der Waals surface area contributed by atoms with Crippen molar-refractivity contribution in [2.75, 3.05) is 19.5 Å². The molecule has 0 amide bonds. The number of methoxy groups -OCH3 is 1. The van der Waals surface area contributed by atoms with Gasteiger partial charge in [0.05, 0.1) is 34.7 Å². The number of amidine groups is 1. The van der Waals surface area contributed by atoms with Crippen molar-refractivity contribution in [1.82, 2.24) is 30.6 Å². The molecule has 0 spiro atoms. The van der Waals surface area contributed by atoms with Gasteiger partial charge in [0, 0.05) is 30.6 Å². The lowest BCUT2D eigenvalue weighted by Gasteiger charge is -2.37. The number of hydrogen-bond donors (Lipinski definition) is 4. The Morgan fingerprint density at radius 1 is 1.28 bits per heavy atom. The molecule has 1 fully saturated rings. The summed E-state index contributed by atoms with van der Waals surface area (Å²) in [6.45, 7) is 1.86. The highest BCUT2D eigenvalue weighted by molar-refractivity contribution is 7.92. The molecule has 1 aliphatic carbocycles. The van der Waals surface area contributed by atoms with E-state index in [1.165, 1.54) is 19.2 Å². The maximum atomic E-state index is 15.6. The van der Waals surface area contributed by atoms with Gasteiger partial charge in [-0.3, -0.25) is 15.1 Å². The average Bonchev–Trinajstić information content (AvgIpc) is 3.52. The average molecular weight is 515 g/mol. The zero-order chi connectivity index (χ0) is 25.7. The maximum Gasteiger partial charge on any atom is 0.216 e. The Bertz CT molecular complexity index is 1490. The van der Waals surface area contributed by atoms with Gasteiger partial charge in [-0.25, -0.2) is 17.8 Å². The first-order valence-electron chi connectivity index (χ1n) is 11.3. The van der Waals surface area contributed by atoms with E-state index in [-0.39, 0.29) is 16.3 Å². The van der Waals surface area contributed by atoms with Gasteiger partial charge in [0.15, 0.2) is 27.2 Å². The molecule has 11 nitrogen and oxygen atoms in total. The van der Waals surface area contributed by atoms with Crippen molar-refractivity contribution in [3.05, 3.63) is 65.1 Å². The molecule has 0 saturated heterocycles. The fourth-order valence-electron chi connectivity index (χ4n) is 4.16. The minimum atomic E-state index is -3.56. The molecule has 1 aromatic carbocycles. The van der Waals surface area contributed by atoms with E-state index in [4.69, 9.17) is 9.73 Å². The quantitative estimate of drug-likeness (QED) is 0.376. The van der Waals surface area contributed by atoms with Crippen LogP contribution in [0.3, 0.4) is 0 Å². The van der Waals surface area contributed by atoms with E-state index < -0.39 is 26.7 Å². The number of nitrogens with zero attached hydrogens (tertiary/aromatic N) is 4. The molecule has 3 heterocycles. The number of aryl methyl sites for hydroxylation is 2. The van der Waals surface area contributed by atoms with Crippen LogP contribution < -0.4 is 16.0 Å². The largest absolute Gasteiger partial charge is 0.491 e. The van der Waals surface area contributed by atoms with E-state index in [1.807, 2.05) is 6.92 Å². The summed E-state index contributed by atoms with van der Waals surface area (Å²) in [5.41, 5.74) is 2.11. The minimum absolute atomic E-state index is 0.0387. The first kappa shape index (κ1) is 24.0. The molecule has 1 saturated carbocycles. The number of aromatic nitrogens is 4. The number of benzene rings is 1. The van der Waals surface area contributed by atoms with Crippen molar-refractivity contribution >= 4 is 27.2 Å². The van der Waals surface area contributed by atoms with Gasteiger partial charge in [0.2, 0.25) is 5.79 Å². The van der Waals surface area contributed by atoms with E-state index in [0.29, 0.717) is 35.7 Å². The molecule has 1 aliphatic heterocycles. The zero-order valence-electron chi connectivity index (χ0n) is 20.3. The molecular formula is C23H27FN8O3S. The van der Waals surface area contributed by atoms with Crippen LogP contribution in [-0.4, -0.2) is 53.6 Å². The summed E-state index contributed by atoms with van der Waals surface area (Å²) in [4.78, 5) is 4.73. The summed E-state index contributed by atoms with van der Waals surface area (Å²) in [7, 11) is 1.35. The Balaban J connectivity index is 1.65. The Morgan fingerprint density at radius 3 is 2.61 bits per heavy atom. The highest BCUT2D eigenvalue weighted by Gasteiger charge is 2.42. The van der Waals surface area contributed by atoms with Crippen molar-refractivity contribution in [3.8, 4) is 0 Å². The smallest absolute Gasteiger partial charge is 0.216 e. The third-order valence-electron chi connectivity index (χ3n) is 6.16. The van der Waals surface area contributed by atoms with Crippen molar-refractivity contribution in [3.63, 3.8) is 0 Å². The van der Waals surface area contributed by atoms with Gasteiger partial charge in [-0.1, -0.05) is 0 Å². The normalized spacial score (nSPS) is 20.2. The first-order valence-corrected chi connectivity index (χ1v) is 12.9. The number of halogens is 1. The number of hydrogen-bond acceptors (Lipinski definition) is 9. The number of anilines is 1. The SMILES string of the molecule is CNC1(c2ccc(S(=O)(=O)C3CC3)cc2F)N=C(Nc2cc(C)[nH]n2)C(OC)=C(c2cnn(C)c2)N1. The molecule has 4 N–H and O–H groups in total. The van der Waals surface area contributed by atoms with Crippen LogP contribution in [0.4, 0.5) is 10.2 Å². The molecule has 13 heteroatoms. The Kier molecular flexibility index (Phi) is 5.83. The predicted octanol–water partition coefficient (Wildman–Crippen LogP) is 1.99. The van der Waals surface area contributed by atoms with E-state index in [1.54, 1.807) is 37.2 Å². The summed E-state index contributed by atoms with van der Waals surface area (Å²) in [6, 6.07) is 5.71. The topological polar surface area (TPSA) is 138 Å². The number of nitrogens with one attached hydrogen (secondary N) is 4. The van der Waals surface area contributed by atoms with Crippen molar-refractivity contribution in [2.45, 2.75) is 35.7 Å². The number of rotatable bonds is 7. The van der Waals surface area contributed by atoms with Crippen molar-refractivity contribution in [1.29, 1.82) is 0 Å². The maximum absolute atomic E-state index is 15.6. The van der Waals surface area contributed by atoms with Gasteiger partial charge < -0.3 is 15.4 Å². The molecule has 2 aliphatic rings. The summed E-state index contributed by atoms with van der Waals surface area (Å²) in [5.74, 6) is -1.09. The van der Waals surface area contributed by atoms with Gasteiger partial charge in [-0.15, -0.1) is 0 Å². The number of H-pyrrole nitrogens is 1. The number of aliphatic imine (C=N–C) groups is 1. The van der Waals surface area contributed by atoms with Gasteiger partial charge in [0.25, 0.3) is 0 Å². The van der Waals surface area contributed by atoms with E-state index in [0.717, 1.165) is 11.8 Å². The highest BCUT2D eigenvalue weighted by Crippen LogP contribution is 2.37. The van der Waals surface area contributed by atoms with Gasteiger partial charge in [-0.2, -0.15) is 10.2 Å². The first-order chi connectivity index (χ1) is 17.2. The van der Waals surface area contributed by atoms with Crippen LogP contribution >= 0.6 is 0 Å². The lowest BCUT2D eigenvalue weighted by atomic mass is 10.0. The van der Waals surface area contributed by atoms with Crippen LogP contribution in [0.15, 0.2) is 52.3 Å². The minimum Gasteiger partial charge on any atom is -0.491 e. The fraction of sp³-hybridized carbons (Fsp3) is 0.348. The molecule has 5 rings (SSSR count).